The molecule has 2 heterocycles. The van der Waals surface area contributed by atoms with Gasteiger partial charge >= 0.3 is 0 Å². The van der Waals surface area contributed by atoms with Gasteiger partial charge in [0.1, 0.15) is 5.82 Å². The molecule has 1 aromatic carbocycles. The van der Waals surface area contributed by atoms with Crippen LogP contribution in [0.25, 0.3) is 17.1 Å². The van der Waals surface area contributed by atoms with E-state index in [1.807, 2.05) is 29.8 Å². The number of halogens is 1. The van der Waals surface area contributed by atoms with Crippen molar-refractivity contribution in [3.63, 3.8) is 0 Å². The van der Waals surface area contributed by atoms with Gasteiger partial charge in [-0.15, -0.1) is 0 Å². The Kier molecular flexibility index (Phi) is 3.25. The zero-order chi connectivity index (χ0) is 14.1. The summed E-state index contributed by atoms with van der Waals surface area (Å²) in [5, 5.41) is 4.45. The largest absolute Gasteiger partial charge is 0.338 e. The number of benzene rings is 1. The summed E-state index contributed by atoms with van der Waals surface area (Å²) in [6, 6.07) is 5.57. The Hall–Kier alpha value is -2.18. The lowest BCUT2D eigenvalue weighted by Crippen LogP contribution is -1.97. The summed E-state index contributed by atoms with van der Waals surface area (Å²) < 4.78 is 6.90. The van der Waals surface area contributed by atoms with Crippen LogP contribution in [0.3, 0.4) is 0 Å². The Labute approximate surface area is 120 Å². The number of hydrogen-bond acceptors (Lipinski definition) is 5. The van der Waals surface area contributed by atoms with Crippen molar-refractivity contribution in [3.05, 3.63) is 47.3 Å². The van der Waals surface area contributed by atoms with Gasteiger partial charge in [-0.2, -0.15) is 4.98 Å². The Morgan fingerprint density at radius 1 is 1.40 bits per heavy atom. The predicted octanol–water partition coefficient (Wildman–Crippen LogP) is 2.34. The third kappa shape index (κ3) is 2.19. The monoisotopic (exact) mass is 289 g/mol. The summed E-state index contributed by atoms with van der Waals surface area (Å²) in [6.07, 6.45) is 3.59. The predicted molar refractivity (Wildman–Crippen MR) is 74.5 cm³/mol. The van der Waals surface area contributed by atoms with E-state index in [4.69, 9.17) is 21.9 Å². The Morgan fingerprint density at radius 2 is 2.25 bits per heavy atom. The first-order valence-corrected chi connectivity index (χ1v) is 6.39. The maximum atomic E-state index is 6.32. The molecule has 0 unspecified atom stereocenters. The quantitative estimate of drug-likeness (QED) is 0.800. The standard InChI is InChI=1S/C13H12ClN5O/c1-8-16-4-5-19(8)11-3-2-9(6-10(11)14)13-17-12(7-15)20-18-13/h2-6H,7,15H2,1H3. The second kappa shape index (κ2) is 5.07. The van der Waals surface area contributed by atoms with Crippen LogP contribution in [0.15, 0.2) is 35.1 Å². The average Bonchev–Trinajstić information content (AvgIpc) is 3.07. The molecule has 0 saturated carbocycles. The van der Waals surface area contributed by atoms with Gasteiger partial charge in [0, 0.05) is 18.0 Å². The minimum Gasteiger partial charge on any atom is -0.338 e. The second-order valence-corrected chi connectivity index (χ2v) is 4.63. The van der Waals surface area contributed by atoms with Crippen molar-refractivity contribution in [1.82, 2.24) is 19.7 Å². The number of rotatable bonds is 3. The highest BCUT2D eigenvalue weighted by atomic mass is 35.5. The molecule has 0 aliphatic heterocycles. The fourth-order valence-corrected chi connectivity index (χ4v) is 2.20. The van der Waals surface area contributed by atoms with Crippen LogP contribution in [0.4, 0.5) is 0 Å². The number of aryl methyl sites for hydroxylation is 1. The molecule has 20 heavy (non-hydrogen) atoms. The van der Waals surface area contributed by atoms with Gasteiger partial charge < -0.3 is 14.8 Å². The van der Waals surface area contributed by atoms with E-state index in [0.717, 1.165) is 17.1 Å². The van der Waals surface area contributed by atoms with Gasteiger partial charge in [0.15, 0.2) is 0 Å². The Balaban J connectivity index is 2.01. The molecular weight excluding hydrogens is 278 g/mol. The van der Waals surface area contributed by atoms with Crippen molar-refractivity contribution in [1.29, 1.82) is 0 Å². The third-order valence-electron chi connectivity index (χ3n) is 2.93. The van der Waals surface area contributed by atoms with Crippen molar-refractivity contribution in [2.45, 2.75) is 13.5 Å². The molecule has 3 rings (SSSR count). The van der Waals surface area contributed by atoms with Gasteiger partial charge in [-0.25, -0.2) is 4.98 Å². The molecule has 3 aromatic rings. The van der Waals surface area contributed by atoms with E-state index in [1.54, 1.807) is 12.3 Å². The van der Waals surface area contributed by atoms with Crippen LogP contribution in [0.1, 0.15) is 11.7 Å². The third-order valence-corrected chi connectivity index (χ3v) is 3.24. The van der Waals surface area contributed by atoms with Crippen LogP contribution in [-0.2, 0) is 6.54 Å². The van der Waals surface area contributed by atoms with E-state index in [0.29, 0.717) is 16.7 Å². The van der Waals surface area contributed by atoms with E-state index in [9.17, 15) is 0 Å². The maximum absolute atomic E-state index is 6.32. The summed E-state index contributed by atoms with van der Waals surface area (Å²) in [5.41, 5.74) is 7.08. The molecular formula is C13H12ClN5O. The first kappa shape index (κ1) is 12.8. The fourth-order valence-electron chi connectivity index (χ4n) is 1.93. The zero-order valence-electron chi connectivity index (χ0n) is 10.7. The molecule has 102 valence electrons. The molecule has 0 fully saturated rings. The van der Waals surface area contributed by atoms with Crippen molar-refractivity contribution in [2.75, 3.05) is 0 Å². The second-order valence-electron chi connectivity index (χ2n) is 4.23. The van der Waals surface area contributed by atoms with E-state index in [1.165, 1.54) is 0 Å². The molecule has 7 heteroatoms. The molecule has 0 bridgehead atoms. The van der Waals surface area contributed by atoms with E-state index < -0.39 is 0 Å². The SMILES string of the molecule is Cc1nccn1-c1ccc(-c2noc(CN)n2)cc1Cl. The van der Waals surface area contributed by atoms with Crippen LogP contribution in [0, 0.1) is 6.92 Å². The topological polar surface area (TPSA) is 82.8 Å². The van der Waals surface area contributed by atoms with E-state index in [-0.39, 0.29) is 6.54 Å². The van der Waals surface area contributed by atoms with Gasteiger partial charge in [-0.05, 0) is 25.1 Å². The molecule has 0 atom stereocenters. The summed E-state index contributed by atoms with van der Waals surface area (Å²) >= 11 is 6.32. The number of nitrogens with two attached hydrogens (primary N) is 1. The number of nitrogens with zero attached hydrogens (tertiary/aromatic N) is 4. The lowest BCUT2D eigenvalue weighted by atomic mass is 10.2. The highest BCUT2D eigenvalue weighted by Crippen LogP contribution is 2.27. The molecule has 0 aliphatic carbocycles. The fraction of sp³-hybridized carbons (Fsp3) is 0.154. The lowest BCUT2D eigenvalue weighted by molar-refractivity contribution is 0.380. The Bertz CT molecular complexity index is 749. The molecule has 6 nitrogen and oxygen atoms in total. The summed E-state index contributed by atoms with van der Waals surface area (Å²) in [5.74, 6) is 1.73. The van der Waals surface area contributed by atoms with Crippen LogP contribution >= 0.6 is 11.6 Å². The molecule has 2 N–H and O–H groups in total. The van der Waals surface area contributed by atoms with Crippen LogP contribution in [-0.4, -0.2) is 19.7 Å². The molecule has 2 aromatic heterocycles. The maximum Gasteiger partial charge on any atom is 0.240 e. The molecule has 0 aliphatic rings. The summed E-state index contributed by atoms with van der Waals surface area (Å²) in [7, 11) is 0. The minimum atomic E-state index is 0.215. The van der Waals surface area contributed by atoms with E-state index >= 15 is 0 Å². The minimum absolute atomic E-state index is 0.215. The molecule has 0 amide bonds. The molecule has 0 spiro atoms. The van der Waals surface area contributed by atoms with Gasteiger partial charge in [-0.1, -0.05) is 16.8 Å². The van der Waals surface area contributed by atoms with Gasteiger partial charge in [-0.3, -0.25) is 0 Å². The van der Waals surface area contributed by atoms with Crippen LogP contribution in [0.5, 0.6) is 0 Å². The van der Waals surface area contributed by atoms with Crippen molar-refractivity contribution >= 4 is 11.6 Å². The number of hydrogen-bond donors (Lipinski definition) is 1. The van der Waals surface area contributed by atoms with Gasteiger partial charge in [0.05, 0.1) is 17.3 Å². The normalized spacial score (nSPS) is 10.9. The lowest BCUT2D eigenvalue weighted by Gasteiger charge is -2.08. The van der Waals surface area contributed by atoms with Gasteiger partial charge in [0.25, 0.3) is 0 Å². The van der Waals surface area contributed by atoms with E-state index in [2.05, 4.69) is 15.1 Å². The van der Waals surface area contributed by atoms with Crippen LogP contribution in [0.2, 0.25) is 5.02 Å². The zero-order valence-corrected chi connectivity index (χ0v) is 11.5. The average molecular weight is 290 g/mol. The number of imidazole rings is 1. The van der Waals surface area contributed by atoms with Crippen molar-refractivity contribution in [2.24, 2.45) is 5.73 Å². The Morgan fingerprint density at radius 3 is 2.85 bits per heavy atom. The van der Waals surface area contributed by atoms with Gasteiger partial charge in [0.2, 0.25) is 11.7 Å². The molecule has 0 radical (unpaired) electrons. The smallest absolute Gasteiger partial charge is 0.240 e. The summed E-state index contributed by atoms with van der Waals surface area (Å²) in [4.78, 5) is 8.35. The first-order valence-electron chi connectivity index (χ1n) is 6.02. The molecule has 0 saturated heterocycles. The van der Waals surface area contributed by atoms with Crippen molar-refractivity contribution < 1.29 is 4.52 Å². The highest BCUT2D eigenvalue weighted by molar-refractivity contribution is 6.32. The summed E-state index contributed by atoms with van der Waals surface area (Å²) in [6.45, 7) is 2.13. The highest BCUT2D eigenvalue weighted by Gasteiger charge is 2.11. The first-order chi connectivity index (χ1) is 9.69. The van der Waals surface area contributed by atoms with Crippen LogP contribution < -0.4 is 5.73 Å². The van der Waals surface area contributed by atoms with Crippen molar-refractivity contribution in [3.8, 4) is 17.1 Å². The number of aromatic nitrogens is 4.